The van der Waals surface area contributed by atoms with E-state index in [-0.39, 0.29) is 11.5 Å². The number of nitrogens with zero attached hydrogens (tertiary/aromatic N) is 1. The number of nitrogens with two attached hydrogens (primary N) is 1. The SMILES string of the molecule is Cc1cc2c(c(=O)o1)[C@H](c1cccs1)C(C#N)=C(N)O2. The zero-order valence-electron chi connectivity index (χ0n) is 10.5. The van der Waals surface area contributed by atoms with Crippen molar-refractivity contribution in [1.82, 2.24) is 0 Å². The smallest absolute Gasteiger partial charge is 0.343 e. The van der Waals surface area contributed by atoms with Crippen LogP contribution in [0, 0.1) is 18.3 Å². The van der Waals surface area contributed by atoms with E-state index in [0.717, 1.165) is 4.88 Å². The van der Waals surface area contributed by atoms with Gasteiger partial charge in [0, 0.05) is 10.9 Å². The summed E-state index contributed by atoms with van der Waals surface area (Å²) in [4.78, 5) is 13.0. The van der Waals surface area contributed by atoms with Crippen molar-refractivity contribution >= 4 is 11.3 Å². The number of ether oxygens (including phenoxy) is 1. The topological polar surface area (TPSA) is 89.2 Å². The standard InChI is InChI=1S/C14H10N2O3S/c1-7-5-9-12(14(17)18-7)11(10-3-2-4-20-10)8(6-15)13(16)19-9/h2-5,11H,16H2,1H3/t11-/m0/s1. The zero-order valence-corrected chi connectivity index (χ0v) is 11.4. The van der Waals surface area contributed by atoms with E-state index in [0.29, 0.717) is 17.1 Å². The first-order valence-corrected chi connectivity index (χ1v) is 6.75. The van der Waals surface area contributed by atoms with Crippen molar-refractivity contribution in [3.8, 4) is 11.8 Å². The number of nitriles is 1. The highest BCUT2D eigenvalue weighted by molar-refractivity contribution is 7.10. The van der Waals surface area contributed by atoms with Crippen LogP contribution in [0.15, 0.2) is 44.2 Å². The van der Waals surface area contributed by atoms with E-state index >= 15 is 0 Å². The van der Waals surface area contributed by atoms with Crippen LogP contribution in [0.4, 0.5) is 0 Å². The molecule has 0 unspecified atom stereocenters. The fourth-order valence-electron chi connectivity index (χ4n) is 2.26. The first-order chi connectivity index (χ1) is 9.61. The maximum Gasteiger partial charge on any atom is 0.343 e. The Morgan fingerprint density at radius 3 is 2.95 bits per heavy atom. The van der Waals surface area contributed by atoms with Gasteiger partial charge in [0.25, 0.3) is 0 Å². The average Bonchev–Trinajstić information content (AvgIpc) is 2.90. The molecule has 100 valence electrons. The molecule has 0 radical (unpaired) electrons. The van der Waals surface area contributed by atoms with E-state index in [4.69, 9.17) is 14.9 Å². The molecule has 6 heteroatoms. The van der Waals surface area contributed by atoms with Gasteiger partial charge in [-0.25, -0.2) is 4.79 Å². The second-order valence-electron chi connectivity index (χ2n) is 4.36. The highest BCUT2D eigenvalue weighted by Gasteiger charge is 2.34. The molecule has 3 rings (SSSR count). The van der Waals surface area contributed by atoms with E-state index in [9.17, 15) is 10.1 Å². The summed E-state index contributed by atoms with van der Waals surface area (Å²) in [6.45, 7) is 1.66. The summed E-state index contributed by atoms with van der Waals surface area (Å²) in [7, 11) is 0. The number of rotatable bonds is 1. The molecule has 1 aliphatic heterocycles. The molecule has 20 heavy (non-hydrogen) atoms. The Labute approximate surface area is 118 Å². The molecule has 0 amide bonds. The summed E-state index contributed by atoms with van der Waals surface area (Å²) in [6, 6.07) is 7.35. The quantitative estimate of drug-likeness (QED) is 0.868. The van der Waals surface area contributed by atoms with Gasteiger partial charge >= 0.3 is 5.63 Å². The van der Waals surface area contributed by atoms with E-state index < -0.39 is 11.5 Å². The molecule has 0 saturated carbocycles. The van der Waals surface area contributed by atoms with Gasteiger partial charge in [-0.15, -0.1) is 11.3 Å². The van der Waals surface area contributed by atoms with E-state index in [2.05, 4.69) is 0 Å². The van der Waals surface area contributed by atoms with Crippen LogP contribution in [-0.4, -0.2) is 0 Å². The minimum absolute atomic E-state index is 0.0309. The van der Waals surface area contributed by atoms with E-state index in [1.165, 1.54) is 11.3 Å². The van der Waals surface area contributed by atoms with Crippen molar-refractivity contribution < 1.29 is 9.15 Å². The lowest BCUT2D eigenvalue weighted by Gasteiger charge is -2.24. The summed E-state index contributed by atoms with van der Waals surface area (Å²) in [5.41, 5.74) is 5.86. The number of hydrogen-bond donors (Lipinski definition) is 1. The number of fused-ring (bicyclic) bond motifs is 1. The van der Waals surface area contributed by atoms with Gasteiger partial charge in [-0.1, -0.05) is 6.07 Å². The number of aryl methyl sites for hydroxylation is 1. The Morgan fingerprint density at radius 1 is 1.50 bits per heavy atom. The van der Waals surface area contributed by atoms with Crippen LogP contribution in [-0.2, 0) is 0 Å². The molecule has 0 aliphatic carbocycles. The lowest BCUT2D eigenvalue weighted by Crippen LogP contribution is -2.25. The van der Waals surface area contributed by atoms with Crippen LogP contribution < -0.4 is 16.1 Å². The molecule has 1 atom stereocenters. The molecule has 0 aromatic carbocycles. The van der Waals surface area contributed by atoms with Crippen LogP contribution in [0.2, 0.25) is 0 Å². The maximum absolute atomic E-state index is 12.1. The number of hydrogen-bond acceptors (Lipinski definition) is 6. The van der Waals surface area contributed by atoms with Gasteiger partial charge in [0.05, 0.1) is 11.5 Å². The van der Waals surface area contributed by atoms with Gasteiger partial charge in [0.2, 0.25) is 5.88 Å². The van der Waals surface area contributed by atoms with Crippen LogP contribution >= 0.6 is 11.3 Å². The molecular formula is C14H10N2O3S. The fourth-order valence-corrected chi connectivity index (χ4v) is 3.10. The Kier molecular flexibility index (Phi) is 2.84. The van der Waals surface area contributed by atoms with Gasteiger partial charge in [-0.2, -0.15) is 5.26 Å². The van der Waals surface area contributed by atoms with E-state index in [1.54, 1.807) is 13.0 Å². The number of thiophene rings is 1. The highest BCUT2D eigenvalue weighted by atomic mass is 32.1. The Morgan fingerprint density at radius 2 is 2.30 bits per heavy atom. The third-order valence-electron chi connectivity index (χ3n) is 3.08. The zero-order chi connectivity index (χ0) is 14.3. The molecule has 1 aliphatic rings. The molecular weight excluding hydrogens is 276 g/mol. The third-order valence-corrected chi connectivity index (χ3v) is 4.02. The van der Waals surface area contributed by atoms with Crippen LogP contribution in [0.1, 0.15) is 22.1 Å². The predicted molar refractivity (Wildman–Crippen MR) is 73.3 cm³/mol. The monoisotopic (exact) mass is 286 g/mol. The first-order valence-electron chi connectivity index (χ1n) is 5.87. The summed E-state index contributed by atoms with van der Waals surface area (Å²) in [5, 5.41) is 11.2. The lowest BCUT2D eigenvalue weighted by atomic mass is 9.89. The van der Waals surface area contributed by atoms with Crippen molar-refractivity contribution in [2.75, 3.05) is 0 Å². The van der Waals surface area contributed by atoms with Crippen molar-refractivity contribution in [2.45, 2.75) is 12.8 Å². The molecule has 5 nitrogen and oxygen atoms in total. The maximum atomic E-state index is 12.1. The Hall–Kier alpha value is -2.52. The molecule has 3 heterocycles. The minimum Gasteiger partial charge on any atom is -0.440 e. The van der Waals surface area contributed by atoms with Gasteiger partial charge in [-0.3, -0.25) is 0 Å². The second-order valence-corrected chi connectivity index (χ2v) is 5.34. The minimum atomic E-state index is -0.527. The van der Waals surface area contributed by atoms with Crippen LogP contribution in [0.25, 0.3) is 0 Å². The van der Waals surface area contributed by atoms with Crippen LogP contribution in [0.5, 0.6) is 5.75 Å². The van der Waals surface area contributed by atoms with Gasteiger partial charge in [0.15, 0.2) is 0 Å². The van der Waals surface area contributed by atoms with Crippen LogP contribution in [0.3, 0.4) is 0 Å². The highest BCUT2D eigenvalue weighted by Crippen LogP contribution is 2.41. The Balaban J connectivity index is 2.32. The normalized spacial score (nSPS) is 17.3. The molecule has 2 N–H and O–H groups in total. The predicted octanol–water partition coefficient (Wildman–Crippen LogP) is 2.23. The second kappa shape index (κ2) is 4.54. The summed E-state index contributed by atoms with van der Waals surface area (Å²) < 4.78 is 10.5. The largest absolute Gasteiger partial charge is 0.440 e. The van der Waals surface area contributed by atoms with Crippen molar-refractivity contribution in [3.05, 3.63) is 61.7 Å². The van der Waals surface area contributed by atoms with Crippen molar-refractivity contribution in [3.63, 3.8) is 0 Å². The Bertz CT molecular complexity index is 797. The molecule has 0 fully saturated rings. The lowest BCUT2D eigenvalue weighted by molar-refractivity contribution is 0.372. The van der Waals surface area contributed by atoms with Gasteiger partial charge < -0.3 is 14.9 Å². The van der Waals surface area contributed by atoms with Crippen molar-refractivity contribution in [2.24, 2.45) is 5.73 Å². The third kappa shape index (κ3) is 1.80. The molecule has 0 bridgehead atoms. The average molecular weight is 286 g/mol. The molecule has 2 aromatic rings. The summed E-state index contributed by atoms with van der Waals surface area (Å²) in [5.74, 6) is 0.296. The number of allylic oxidation sites excluding steroid dienone is 1. The fraction of sp³-hybridized carbons (Fsp3) is 0.143. The van der Waals surface area contributed by atoms with Gasteiger partial charge in [-0.05, 0) is 18.4 Å². The van der Waals surface area contributed by atoms with Gasteiger partial charge in [0.1, 0.15) is 23.2 Å². The first kappa shape index (κ1) is 12.5. The van der Waals surface area contributed by atoms with E-state index in [1.807, 2.05) is 23.6 Å². The molecule has 2 aromatic heterocycles. The molecule has 0 spiro atoms. The molecule has 0 saturated heterocycles. The van der Waals surface area contributed by atoms with Crippen molar-refractivity contribution in [1.29, 1.82) is 5.26 Å². The summed E-state index contributed by atoms with van der Waals surface area (Å²) in [6.07, 6.45) is 0. The summed E-state index contributed by atoms with van der Waals surface area (Å²) >= 11 is 1.45.